The van der Waals surface area contributed by atoms with Crippen LogP contribution in [0.1, 0.15) is 19.8 Å². The summed E-state index contributed by atoms with van der Waals surface area (Å²) in [6.45, 7) is 2.26. The number of unbranched alkanes of at least 4 members (excludes halogenated alkanes) is 1. The molecule has 0 bridgehead atoms. The van der Waals surface area contributed by atoms with Gasteiger partial charge in [-0.15, -0.1) is 0 Å². The molecule has 0 saturated carbocycles. The summed E-state index contributed by atoms with van der Waals surface area (Å²) in [7, 11) is 0. The van der Waals surface area contributed by atoms with Gasteiger partial charge in [-0.1, -0.05) is 0 Å². The molecule has 1 aromatic rings. The van der Waals surface area contributed by atoms with Crippen LogP contribution in [-0.2, 0) is 0 Å². The van der Waals surface area contributed by atoms with Gasteiger partial charge in [-0.2, -0.15) is 0 Å². The van der Waals surface area contributed by atoms with Gasteiger partial charge in [-0.3, -0.25) is 0 Å². The number of nitrogens with zero attached hydrogens (tertiary/aromatic N) is 1. The van der Waals surface area contributed by atoms with Gasteiger partial charge >= 0.3 is 76.3 Å². The van der Waals surface area contributed by atoms with Crippen LogP contribution in [0.25, 0.3) is 0 Å². The fourth-order valence-electron chi connectivity index (χ4n) is 0.691. The Balaban J connectivity index is 2.15. The van der Waals surface area contributed by atoms with E-state index in [4.69, 9.17) is 0 Å². The molecule has 1 rings (SSSR count). The molecule has 3 heteroatoms. The quantitative estimate of drug-likeness (QED) is 0.593. The topological polar surface area (TPSA) is 12.9 Å². The van der Waals surface area contributed by atoms with E-state index in [1.165, 1.54) is 17.3 Å². The van der Waals surface area contributed by atoms with Gasteiger partial charge in [0.2, 0.25) is 0 Å². The second-order valence-electron chi connectivity index (χ2n) is 2.15. The van der Waals surface area contributed by atoms with Crippen LogP contribution in [0.5, 0.6) is 0 Å². The molecular weight excluding hydrogens is 249 g/mol. The van der Waals surface area contributed by atoms with Crippen LogP contribution in [0.4, 0.5) is 0 Å². The molecule has 1 nitrogen and oxygen atoms in total. The molecule has 0 unspecified atom stereocenters. The molecule has 0 saturated heterocycles. The molecule has 0 fully saturated rings. The monoisotopic (exact) mass is 261 g/mol. The standard InChI is InChI=1S/C4H9.C3H2NS.Sn/c1-3-4-2;1-2-5-3-4-1;/h1,3-4H2,2H3;1,3H;. The predicted molar refractivity (Wildman–Crippen MR) is 47.2 cm³/mol. The maximum absolute atomic E-state index is 4.06. The van der Waals surface area contributed by atoms with Crippen molar-refractivity contribution < 1.29 is 0 Å². The predicted octanol–water partition coefficient (Wildman–Crippen LogP) is 1.69. The van der Waals surface area contributed by atoms with Crippen molar-refractivity contribution in [3.8, 4) is 0 Å². The van der Waals surface area contributed by atoms with Crippen molar-refractivity contribution >= 4 is 35.4 Å². The first-order valence-electron chi connectivity index (χ1n) is 3.56. The van der Waals surface area contributed by atoms with Crippen molar-refractivity contribution in [1.29, 1.82) is 0 Å². The summed E-state index contributed by atoms with van der Waals surface area (Å²) >= 11 is 1.66. The van der Waals surface area contributed by atoms with Gasteiger partial charge in [-0.25, -0.2) is 0 Å². The number of hydrogen-bond donors (Lipinski definition) is 0. The molecule has 54 valence electrons. The van der Waals surface area contributed by atoms with Crippen LogP contribution in [0.2, 0.25) is 4.44 Å². The van der Waals surface area contributed by atoms with E-state index in [1.807, 2.05) is 23.0 Å². The Hall–Kier alpha value is 0.429. The van der Waals surface area contributed by atoms with E-state index in [0.717, 1.165) is 0 Å². The van der Waals surface area contributed by atoms with Crippen molar-refractivity contribution in [2.75, 3.05) is 0 Å². The molecule has 2 radical (unpaired) electrons. The molecule has 1 aromatic heterocycles. The van der Waals surface area contributed by atoms with Crippen molar-refractivity contribution in [2.45, 2.75) is 24.2 Å². The molecule has 0 aliphatic heterocycles. The summed E-state index contributed by atoms with van der Waals surface area (Å²) in [4.78, 5) is 4.06. The minimum absolute atomic E-state index is 0.181. The molecule has 0 aliphatic carbocycles. The van der Waals surface area contributed by atoms with Gasteiger partial charge in [-0.05, 0) is 0 Å². The van der Waals surface area contributed by atoms with E-state index in [1.54, 1.807) is 2.89 Å². The molecule has 0 amide bonds. The minimum atomic E-state index is -0.181. The summed E-state index contributed by atoms with van der Waals surface area (Å²) in [5, 5.41) is 0. The van der Waals surface area contributed by atoms with E-state index in [-0.39, 0.29) is 21.1 Å². The zero-order chi connectivity index (χ0) is 7.23. The zero-order valence-electron chi connectivity index (χ0n) is 6.13. The molecule has 1 heterocycles. The SMILES string of the molecule is CCC[CH2][Sn][c]1cncs1. The molecule has 0 aromatic carbocycles. The molecule has 0 atom stereocenters. The second-order valence-corrected chi connectivity index (χ2v) is 8.04. The van der Waals surface area contributed by atoms with Gasteiger partial charge < -0.3 is 0 Å². The first-order chi connectivity index (χ1) is 4.93. The molecule has 0 aliphatic rings. The maximum atomic E-state index is 4.06. The number of hydrogen-bond acceptors (Lipinski definition) is 2. The van der Waals surface area contributed by atoms with E-state index < -0.39 is 0 Å². The molecule has 0 N–H and O–H groups in total. The Morgan fingerprint density at radius 2 is 2.60 bits per heavy atom. The van der Waals surface area contributed by atoms with Crippen molar-refractivity contribution in [3.05, 3.63) is 11.7 Å². The Labute approximate surface area is 76.1 Å². The number of rotatable bonds is 4. The first kappa shape index (κ1) is 8.52. The average Bonchev–Trinajstić information content (AvgIpc) is 2.41. The second kappa shape index (κ2) is 5.13. The van der Waals surface area contributed by atoms with Gasteiger partial charge in [0.25, 0.3) is 0 Å². The number of thiazole rings is 1. The first-order valence-corrected chi connectivity index (χ1v) is 7.88. The van der Waals surface area contributed by atoms with Crippen LogP contribution in [-0.4, -0.2) is 26.1 Å². The van der Waals surface area contributed by atoms with Crippen LogP contribution in [0.15, 0.2) is 11.7 Å². The number of aromatic nitrogens is 1. The van der Waals surface area contributed by atoms with Gasteiger partial charge in [0, 0.05) is 0 Å². The molecule has 0 spiro atoms. The molecule has 10 heavy (non-hydrogen) atoms. The third-order valence-electron chi connectivity index (χ3n) is 1.26. The van der Waals surface area contributed by atoms with E-state index in [2.05, 4.69) is 11.9 Å². The zero-order valence-corrected chi connectivity index (χ0v) is 9.80. The summed E-state index contributed by atoms with van der Waals surface area (Å²) in [5.41, 5.74) is 1.95. The average molecular weight is 260 g/mol. The van der Waals surface area contributed by atoms with Crippen LogP contribution >= 0.6 is 11.3 Å². The third kappa shape index (κ3) is 3.01. The third-order valence-corrected chi connectivity index (χ3v) is 6.91. The fourth-order valence-corrected chi connectivity index (χ4v) is 5.67. The van der Waals surface area contributed by atoms with E-state index in [9.17, 15) is 0 Å². The van der Waals surface area contributed by atoms with Crippen molar-refractivity contribution in [1.82, 2.24) is 4.98 Å². The summed E-state index contributed by atoms with van der Waals surface area (Å²) in [5.74, 6) is 0. The summed E-state index contributed by atoms with van der Waals surface area (Å²) in [6, 6.07) is 0. The Morgan fingerprint density at radius 1 is 1.70 bits per heavy atom. The Bertz CT molecular complexity index is 162. The van der Waals surface area contributed by atoms with Crippen molar-refractivity contribution in [2.24, 2.45) is 0 Å². The summed E-state index contributed by atoms with van der Waals surface area (Å²) in [6.07, 6.45) is 4.82. The van der Waals surface area contributed by atoms with Gasteiger partial charge in [0.1, 0.15) is 0 Å². The normalized spacial score (nSPS) is 10.1. The van der Waals surface area contributed by atoms with Crippen LogP contribution in [0, 0.1) is 0 Å². The summed E-state index contributed by atoms with van der Waals surface area (Å²) < 4.78 is 3.08. The van der Waals surface area contributed by atoms with E-state index >= 15 is 0 Å². The fraction of sp³-hybridized carbons (Fsp3) is 0.571. The molecular formula is C7H11NSSn. The van der Waals surface area contributed by atoms with Gasteiger partial charge in [0.15, 0.2) is 0 Å². The Morgan fingerprint density at radius 3 is 3.20 bits per heavy atom. The Kier molecular flexibility index (Phi) is 4.37. The van der Waals surface area contributed by atoms with Gasteiger partial charge in [0.05, 0.1) is 0 Å². The van der Waals surface area contributed by atoms with Crippen LogP contribution < -0.4 is 2.89 Å². The van der Waals surface area contributed by atoms with Crippen molar-refractivity contribution in [3.63, 3.8) is 0 Å². The van der Waals surface area contributed by atoms with E-state index in [0.29, 0.717) is 0 Å². The van der Waals surface area contributed by atoms with Crippen LogP contribution in [0.3, 0.4) is 0 Å².